The lowest BCUT2D eigenvalue weighted by atomic mass is 9.80. The molecule has 3 N–H and O–H groups in total. The first-order valence-corrected chi connectivity index (χ1v) is 4.14. The van der Waals surface area contributed by atoms with E-state index >= 15 is 0 Å². The van der Waals surface area contributed by atoms with Gasteiger partial charge in [0.2, 0.25) is 0 Å². The van der Waals surface area contributed by atoms with Gasteiger partial charge >= 0.3 is 5.97 Å². The van der Waals surface area contributed by atoms with Crippen LogP contribution in [0.15, 0.2) is 0 Å². The normalized spacial score (nSPS) is 48.1. The molecule has 3 heteroatoms. The van der Waals surface area contributed by atoms with Crippen LogP contribution in [0.1, 0.15) is 25.7 Å². The zero-order valence-corrected chi connectivity index (χ0v) is 6.42. The Morgan fingerprint density at radius 2 is 2.36 bits per heavy atom. The third kappa shape index (κ3) is 0.745. The van der Waals surface area contributed by atoms with Gasteiger partial charge in [-0.3, -0.25) is 4.79 Å². The van der Waals surface area contributed by atoms with Gasteiger partial charge in [0.15, 0.2) is 0 Å². The molecule has 2 bridgehead atoms. The Morgan fingerprint density at radius 3 is 2.64 bits per heavy atom. The van der Waals surface area contributed by atoms with Crippen molar-refractivity contribution >= 4 is 5.97 Å². The molecule has 0 saturated heterocycles. The quantitative estimate of drug-likeness (QED) is 0.582. The van der Waals surface area contributed by atoms with E-state index in [2.05, 4.69) is 0 Å². The zero-order valence-electron chi connectivity index (χ0n) is 6.42. The van der Waals surface area contributed by atoms with Crippen LogP contribution >= 0.6 is 0 Å². The highest BCUT2D eigenvalue weighted by atomic mass is 16.4. The van der Waals surface area contributed by atoms with Crippen LogP contribution in [0.2, 0.25) is 0 Å². The maximum Gasteiger partial charge on any atom is 0.311 e. The van der Waals surface area contributed by atoms with Crippen molar-refractivity contribution in [3.8, 4) is 0 Å². The minimum Gasteiger partial charge on any atom is -0.481 e. The molecule has 2 fully saturated rings. The Labute approximate surface area is 65.6 Å². The van der Waals surface area contributed by atoms with Crippen molar-refractivity contribution in [3.05, 3.63) is 0 Å². The standard InChI is InChI=1S/C8H13NO2/c9-6-3-5-1-2-8(6,4-5)7(10)11/h5-6H,1-4,9H2,(H,10,11)/t5-,6+,8+/m0/s1. The van der Waals surface area contributed by atoms with Gasteiger partial charge in [0.25, 0.3) is 0 Å². The Morgan fingerprint density at radius 1 is 1.64 bits per heavy atom. The fraction of sp³-hybridized carbons (Fsp3) is 0.875. The number of fused-ring (bicyclic) bond motifs is 2. The molecule has 3 nitrogen and oxygen atoms in total. The van der Waals surface area contributed by atoms with Gasteiger partial charge in [-0.1, -0.05) is 0 Å². The smallest absolute Gasteiger partial charge is 0.311 e. The van der Waals surface area contributed by atoms with Gasteiger partial charge in [0.1, 0.15) is 0 Å². The van der Waals surface area contributed by atoms with Crippen LogP contribution in [0, 0.1) is 11.3 Å². The molecule has 2 rings (SSSR count). The fourth-order valence-corrected chi connectivity index (χ4v) is 2.66. The summed E-state index contributed by atoms with van der Waals surface area (Å²) in [6, 6.07) is -0.0845. The van der Waals surface area contributed by atoms with Crippen molar-refractivity contribution in [2.24, 2.45) is 17.1 Å². The molecular weight excluding hydrogens is 142 g/mol. The van der Waals surface area contributed by atoms with E-state index in [1.54, 1.807) is 0 Å². The molecule has 11 heavy (non-hydrogen) atoms. The molecule has 0 spiro atoms. The van der Waals surface area contributed by atoms with Crippen molar-refractivity contribution < 1.29 is 9.90 Å². The minimum atomic E-state index is -0.676. The van der Waals surface area contributed by atoms with Crippen LogP contribution in [-0.2, 0) is 4.79 Å². The van der Waals surface area contributed by atoms with Crippen molar-refractivity contribution in [2.75, 3.05) is 0 Å². The maximum absolute atomic E-state index is 10.9. The summed E-state index contributed by atoms with van der Waals surface area (Å²) in [6.07, 6.45) is 3.62. The molecule has 2 aliphatic carbocycles. The Kier molecular flexibility index (Phi) is 1.27. The van der Waals surface area contributed by atoms with Crippen LogP contribution in [0.5, 0.6) is 0 Å². The van der Waals surface area contributed by atoms with Gasteiger partial charge in [-0.25, -0.2) is 0 Å². The predicted octanol–water partition coefficient (Wildman–Crippen LogP) is 0.588. The fourth-order valence-electron chi connectivity index (χ4n) is 2.66. The Bertz CT molecular complexity index is 204. The molecule has 0 radical (unpaired) electrons. The van der Waals surface area contributed by atoms with Crippen molar-refractivity contribution in [1.29, 1.82) is 0 Å². The SMILES string of the molecule is N[C@@H]1C[C@@H]2CC[C@@]1(C(=O)O)C2. The Hall–Kier alpha value is -0.570. The first-order valence-electron chi connectivity index (χ1n) is 4.14. The summed E-state index contributed by atoms with van der Waals surface area (Å²) in [7, 11) is 0. The van der Waals surface area contributed by atoms with Crippen molar-refractivity contribution in [1.82, 2.24) is 0 Å². The number of carboxylic acids is 1. The number of rotatable bonds is 1. The largest absolute Gasteiger partial charge is 0.481 e. The Balaban J connectivity index is 2.29. The molecule has 2 aliphatic rings. The maximum atomic E-state index is 10.9. The number of hydrogen-bond donors (Lipinski definition) is 2. The molecule has 0 amide bonds. The monoisotopic (exact) mass is 155 g/mol. The van der Waals surface area contributed by atoms with E-state index < -0.39 is 11.4 Å². The van der Waals surface area contributed by atoms with Crippen LogP contribution in [0.3, 0.4) is 0 Å². The van der Waals surface area contributed by atoms with Crippen molar-refractivity contribution in [3.63, 3.8) is 0 Å². The molecule has 0 aromatic carbocycles. The third-order valence-electron chi connectivity index (χ3n) is 3.37. The third-order valence-corrected chi connectivity index (χ3v) is 3.37. The second kappa shape index (κ2) is 1.97. The molecule has 3 atom stereocenters. The molecule has 62 valence electrons. The van der Waals surface area contributed by atoms with Crippen molar-refractivity contribution in [2.45, 2.75) is 31.7 Å². The summed E-state index contributed by atoms with van der Waals surface area (Å²) >= 11 is 0. The van der Waals surface area contributed by atoms with Crippen LogP contribution in [0.25, 0.3) is 0 Å². The molecule has 0 aromatic heterocycles. The lowest BCUT2D eigenvalue weighted by Gasteiger charge is -2.27. The van der Waals surface area contributed by atoms with Gasteiger partial charge in [0.05, 0.1) is 5.41 Å². The molecule has 0 unspecified atom stereocenters. The number of aliphatic carboxylic acids is 1. The first-order chi connectivity index (χ1) is 5.15. The lowest BCUT2D eigenvalue weighted by Crippen LogP contribution is -2.43. The minimum absolute atomic E-state index is 0.0845. The molecular formula is C8H13NO2. The van der Waals surface area contributed by atoms with E-state index in [4.69, 9.17) is 10.8 Å². The van der Waals surface area contributed by atoms with E-state index in [1.165, 1.54) is 0 Å². The molecule has 0 aliphatic heterocycles. The van der Waals surface area contributed by atoms with Gasteiger partial charge in [0, 0.05) is 6.04 Å². The number of hydrogen-bond acceptors (Lipinski definition) is 2. The highest BCUT2D eigenvalue weighted by Crippen LogP contribution is 2.53. The van der Waals surface area contributed by atoms with E-state index in [0.717, 1.165) is 25.7 Å². The number of nitrogens with two attached hydrogens (primary N) is 1. The summed E-state index contributed by atoms with van der Waals surface area (Å²) in [5.74, 6) is -0.0777. The van der Waals surface area contributed by atoms with E-state index in [0.29, 0.717) is 5.92 Å². The average molecular weight is 155 g/mol. The number of carbonyl (C=O) groups is 1. The summed E-state index contributed by atoms with van der Waals surface area (Å²) in [6.45, 7) is 0. The van der Waals surface area contributed by atoms with Gasteiger partial charge in [-0.05, 0) is 31.6 Å². The predicted molar refractivity (Wildman–Crippen MR) is 40.0 cm³/mol. The van der Waals surface area contributed by atoms with Gasteiger partial charge < -0.3 is 10.8 Å². The molecule has 0 heterocycles. The van der Waals surface area contributed by atoms with Crippen LogP contribution in [-0.4, -0.2) is 17.1 Å². The highest BCUT2D eigenvalue weighted by molar-refractivity contribution is 5.76. The second-order valence-electron chi connectivity index (χ2n) is 3.91. The average Bonchev–Trinajstić information content (AvgIpc) is 2.43. The summed E-state index contributed by atoms with van der Waals surface area (Å²) in [5, 5.41) is 8.98. The second-order valence-corrected chi connectivity index (χ2v) is 3.91. The lowest BCUT2D eigenvalue weighted by molar-refractivity contribution is -0.149. The van der Waals surface area contributed by atoms with E-state index in [-0.39, 0.29) is 6.04 Å². The van der Waals surface area contributed by atoms with Crippen LogP contribution in [0.4, 0.5) is 0 Å². The first kappa shape index (κ1) is 7.10. The van der Waals surface area contributed by atoms with E-state index in [1.807, 2.05) is 0 Å². The van der Waals surface area contributed by atoms with Gasteiger partial charge in [-0.2, -0.15) is 0 Å². The van der Waals surface area contributed by atoms with Crippen LogP contribution < -0.4 is 5.73 Å². The summed E-state index contributed by atoms with van der Waals surface area (Å²) in [5.41, 5.74) is 5.24. The zero-order chi connectivity index (χ0) is 8.06. The summed E-state index contributed by atoms with van der Waals surface area (Å²) in [4.78, 5) is 10.9. The molecule has 0 aromatic rings. The summed E-state index contributed by atoms with van der Waals surface area (Å²) < 4.78 is 0. The van der Waals surface area contributed by atoms with E-state index in [9.17, 15) is 4.79 Å². The highest BCUT2D eigenvalue weighted by Gasteiger charge is 2.55. The van der Waals surface area contributed by atoms with Gasteiger partial charge in [-0.15, -0.1) is 0 Å². The number of carboxylic acid groups (broad SMARTS) is 1. The molecule has 2 saturated carbocycles. The topological polar surface area (TPSA) is 63.3 Å².